The summed E-state index contributed by atoms with van der Waals surface area (Å²) in [6, 6.07) is 11.3. The second-order valence-electron chi connectivity index (χ2n) is 6.54. The second-order valence-corrected chi connectivity index (χ2v) is 6.54. The van der Waals surface area contributed by atoms with E-state index in [0.717, 1.165) is 24.5 Å². The van der Waals surface area contributed by atoms with Gasteiger partial charge in [0.1, 0.15) is 6.04 Å². The van der Waals surface area contributed by atoms with Crippen LogP contribution in [0, 0.1) is 0 Å². The van der Waals surface area contributed by atoms with Crippen LogP contribution >= 0.6 is 0 Å². The summed E-state index contributed by atoms with van der Waals surface area (Å²) in [4.78, 5) is 18.9. The third-order valence-electron chi connectivity index (χ3n) is 4.58. The van der Waals surface area contributed by atoms with Crippen molar-refractivity contribution in [3.05, 3.63) is 42.6 Å². The number of pyridine rings is 1. The first kappa shape index (κ1) is 18.0. The summed E-state index contributed by atoms with van der Waals surface area (Å²) in [5.74, 6) is 0.452. The Labute approximate surface area is 154 Å². The van der Waals surface area contributed by atoms with Crippen LogP contribution in [0.3, 0.4) is 0 Å². The Hall–Kier alpha value is -2.76. The van der Waals surface area contributed by atoms with Crippen molar-refractivity contribution in [1.29, 1.82) is 0 Å². The molecule has 1 saturated heterocycles. The van der Waals surface area contributed by atoms with Gasteiger partial charge in [-0.2, -0.15) is 0 Å². The van der Waals surface area contributed by atoms with Crippen LogP contribution in [0.2, 0.25) is 0 Å². The van der Waals surface area contributed by atoms with Gasteiger partial charge in [0, 0.05) is 30.5 Å². The quantitative estimate of drug-likeness (QED) is 0.831. The van der Waals surface area contributed by atoms with Crippen molar-refractivity contribution in [3.63, 3.8) is 0 Å². The average Bonchev–Trinajstić information content (AvgIpc) is 2.70. The largest absolute Gasteiger partial charge is 0.481 e. The van der Waals surface area contributed by atoms with Gasteiger partial charge in [-0.3, -0.25) is 4.79 Å². The van der Waals surface area contributed by atoms with Gasteiger partial charge in [-0.25, -0.2) is 4.98 Å². The number of rotatable bonds is 6. The molecule has 1 aliphatic heterocycles. The molecule has 26 heavy (non-hydrogen) atoms. The van der Waals surface area contributed by atoms with E-state index in [1.54, 1.807) is 19.4 Å². The highest BCUT2D eigenvalue weighted by atomic mass is 16.5. The number of nitrogens with zero attached hydrogens (tertiary/aromatic N) is 2. The number of benzene rings is 1. The van der Waals surface area contributed by atoms with Crippen LogP contribution < -0.4 is 20.3 Å². The van der Waals surface area contributed by atoms with Gasteiger partial charge >= 0.3 is 0 Å². The highest BCUT2D eigenvalue weighted by molar-refractivity contribution is 5.96. The molecule has 0 radical (unpaired) electrons. The Morgan fingerprint density at radius 1 is 1.08 bits per heavy atom. The third kappa shape index (κ3) is 4.65. The molecule has 0 unspecified atom stereocenters. The van der Waals surface area contributed by atoms with Gasteiger partial charge < -0.3 is 20.3 Å². The third-order valence-corrected chi connectivity index (χ3v) is 4.58. The molecule has 0 spiro atoms. The average molecular weight is 354 g/mol. The highest BCUT2D eigenvalue weighted by Gasteiger charge is 2.14. The summed E-state index contributed by atoms with van der Waals surface area (Å²) in [6.45, 7) is 4.05. The summed E-state index contributed by atoms with van der Waals surface area (Å²) in [5.41, 5.74) is 2.80. The molecule has 2 aromatic rings. The van der Waals surface area contributed by atoms with Crippen LogP contribution in [-0.2, 0) is 4.79 Å². The SMILES string of the molecule is COc1ccc(N[C@H](C)C(=O)Nc2ccc(N3CCCCC3)cc2)cn1. The Kier molecular flexibility index (Phi) is 5.94. The van der Waals surface area contributed by atoms with Crippen LogP contribution in [-0.4, -0.2) is 37.1 Å². The number of aromatic nitrogens is 1. The Morgan fingerprint density at radius 2 is 1.77 bits per heavy atom. The number of amides is 1. The number of nitrogens with one attached hydrogen (secondary N) is 2. The number of piperidine rings is 1. The maximum absolute atomic E-state index is 12.4. The fourth-order valence-electron chi connectivity index (χ4n) is 3.06. The number of hydrogen-bond acceptors (Lipinski definition) is 5. The van der Waals surface area contributed by atoms with Crippen molar-refractivity contribution in [2.75, 3.05) is 35.7 Å². The summed E-state index contributed by atoms with van der Waals surface area (Å²) >= 11 is 0. The number of anilines is 3. The first-order chi connectivity index (χ1) is 12.7. The van der Waals surface area contributed by atoms with E-state index >= 15 is 0 Å². The minimum atomic E-state index is -0.382. The predicted molar refractivity (Wildman–Crippen MR) is 105 cm³/mol. The first-order valence-electron chi connectivity index (χ1n) is 9.08. The molecule has 1 aliphatic rings. The first-order valence-corrected chi connectivity index (χ1v) is 9.08. The van der Waals surface area contributed by atoms with Gasteiger partial charge in [-0.1, -0.05) is 0 Å². The monoisotopic (exact) mass is 354 g/mol. The van der Waals surface area contributed by atoms with Gasteiger partial charge in [-0.05, 0) is 56.5 Å². The molecule has 0 aliphatic carbocycles. The van der Waals surface area contributed by atoms with Crippen LogP contribution in [0.4, 0.5) is 17.1 Å². The number of hydrogen-bond donors (Lipinski definition) is 2. The number of carbonyl (C=O) groups excluding carboxylic acids is 1. The molecule has 1 aromatic carbocycles. The van der Waals surface area contributed by atoms with Crippen molar-refractivity contribution in [2.24, 2.45) is 0 Å². The molecule has 1 aromatic heterocycles. The van der Waals surface area contributed by atoms with Gasteiger partial charge in [0.2, 0.25) is 11.8 Å². The smallest absolute Gasteiger partial charge is 0.246 e. The molecule has 6 nitrogen and oxygen atoms in total. The molecule has 0 bridgehead atoms. The molecular weight excluding hydrogens is 328 g/mol. The molecule has 1 fully saturated rings. The zero-order chi connectivity index (χ0) is 18.4. The summed E-state index contributed by atoms with van der Waals surface area (Å²) in [6.07, 6.45) is 5.47. The van der Waals surface area contributed by atoms with Gasteiger partial charge in [0.15, 0.2) is 0 Å². The van der Waals surface area contributed by atoms with E-state index < -0.39 is 0 Å². The summed E-state index contributed by atoms with van der Waals surface area (Å²) in [5, 5.41) is 6.09. The van der Waals surface area contributed by atoms with E-state index in [1.165, 1.54) is 24.9 Å². The molecule has 6 heteroatoms. The fourth-order valence-corrected chi connectivity index (χ4v) is 3.06. The normalized spacial score (nSPS) is 15.2. The molecule has 138 valence electrons. The predicted octanol–water partition coefficient (Wildman–Crippen LogP) is 3.52. The van der Waals surface area contributed by atoms with Gasteiger partial charge in [-0.15, -0.1) is 0 Å². The molecule has 3 rings (SSSR count). The lowest BCUT2D eigenvalue weighted by atomic mass is 10.1. The van der Waals surface area contributed by atoms with Crippen molar-refractivity contribution in [1.82, 2.24) is 4.98 Å². The van der Waals surface area contributed by atoms with E-state index in [2.05, 4.69) is 32.7 Å². The van der Waals surface area contributed by atoms with Crippen LogP contribution in [0.25, 0.3) is 0 Å². The highest BCUT2D eigenvalue weighted by Crippen LogP contribution is 2.22. The number of methoxy groups -OCH3 is 1. The number of carbonyl (C=O) groups is 1. The zero-order valence-corrected chi connectivity index (χ0v) is 15.4. The van der Waals surface area contributed by atoms with Crippen LogP contribution in [0.5, 0.6) is 5.88 Å². The summed E-state index contributed by atoms with van der Waals surface area (Å²) < 4.78 is 5.03. The Morgan fingerprint density at radius 3 is 2.38 bits per heavy atom. The lowest BCUT2D eigenvalue weighted by molar-refractivity contribution is -0.116. The van der Waals surface area contributed by atoms with Crippen LogP contribution in [0.15, 0.2) is 42.6 Å². The maximum atomic E-state index is 12.4. The minimum Gasteiger partial charge on any atom is -0.481 e. The van der Waals surface area contributed by atoms with Crippen molar-refractivity contribution in [2.45, 2.75) is 32.2 Å². The molecule has 1 atom stereocenters. The molecule has 2 heterocycles. The van der Waals surface area contributed by atoms with E-state index in [-0.39, 0.29) is 11.9 Å². The van der Waals surface area contributed by atoms with Crippen molar-refractivity contribution in [3.8, 4) is 5.88 Å². The minimum absolute atomic E-state index is 0.0912. The van der Waals surface area contributed by atoms with E-state index in [1.807, 2.05) is 25.1 Å². The molecule has 2 N–H and O–H groups in total. The lowest BCUT2D eigenvalue weighted by Crippen LogP contribution is -2.32. The number of ether oxygens (including phenoxy) is 1. The van der Waals surface area contributed by atoms with Gasteiger partial charge in [0.25, 0.3) is 0 Å². The topological polar surface area (TPSA) is 66.5 Å². The Balaban J connectivity index is 1.54. The van der Waals surface area contributed by atoms with E-state index in [0.29, 0.717) is 5.88 Å². The van der Waals surface area contributed by atoms with E-state index in [4.69, 9.17) is 4.74 Å². The fraction of sp³-hybridized carbons (Fsp3) is 0.400. The van der Waals surface area contributed by atoms with Crippen LogP contribution in [0.1, 0.15) is 26.2 Å². The standard InChI is InChI=1S/C20H26N4O2/c1-15(22-17-8-11-19(26-2)21-14-17)20(25)23-16-6-9-18(10-7-16)24-12-4-3-5-13-24/h6-11,14-15,22H,3-5,12-13H2,1-2H3,(H,23,25)/t15-/m1/s1. The zero-order valence-electron chi connectivity index (χ0n) is 15.4. The Bertz CT molecular complexity index is 710. The maximum Gasteiger partial charge on any atom is 0.246 e. The molecular formula is C20H26N4O2. The van der Waals surface area contributed by atoms with Crippen molar-refractivity contribution >= 4 is 23.0 Å². The van der Waals surface area contributed by atoms with Gasteiger partial charge in [0.05, 0.1) is 19.0 Å². The lowest BCUT2D eigenvalue weighted by Gasteiger charge is -2.28. The van der Waals surface area contributed by atoms with Crippen molar-refractivity contribution < 1.29 is 9.53 Å². The summed E-state index contributed by atoms with van der Waals surface area (Å²) in [7, 11) is 1.57. The second kappa shape index (κ2) is 8.56. The van der Waals surface area contributed by atoms with E-state index in [9.17, 15) is 4.79 Å². The molecule has 0 saturated carbocycles. The molecule has 1 amide bonds.